The van der Waals surface area contributed by atoms with Crippen molar-refractivity contribution < 1.29 is 51.1 Å². The van der Waals surface area contributed by atoms with E-state index in [1.54, 1.807) is 6.20 Å². The number of aromatic nitrogens is 1. The fraction of sp³-hybridized carbons (Fsp3) is 0.300. The van der Waals surface area contributed by atoms with Crippen molar-refractivity contribution in [2.45, 2.75) is 6.92 Å². The van der Waals surface area contributed by atoms with E-state index in [0.29, 0.717) is 0 Å². The Hall–Kier alpha value is -1.34. The number of aryl methyl sites for hydroxylation is 1. The minimum Gasteiger partial charge on any atom is -0.548 e. The van der Waals surface area contributed by atoms with E-state index in [-0.39, 0.29) is 27.2 Å². The van der Waals surface area contributed by atoms with Gasteiger partial charge in [0, 0.05) is 11.9 Å². The van der Waals surface area contributed by atoms with E-state index < -0.39 is 25.2 Å². The molecule has 19 heavy (non-hydrogen) atoms. The number of hydrogen-bond donors (Lipinski definition) is 3. The van der Waals surface area contributed by atoms with Crippen LogP contribution in [0.1, 0.15) is 5.69 Å². The van der Waals surface area contributed by atoms with Crippen molar-refractivity contribution in [2.24, 2.45) is 0 Å². The summed E-state index contributed by atoms with van der Waals surface area (Å²) in [6, 6.07) is 5.86. The summed E-state index contributed by atoms with van der Waals surface area (Å²) in [4.78, 5) is 22.0. The molecule has 0 unspecified atom stereocenters. The first-order valence-electron chi connectivity index (χ1n) is 4.43. The molecule has 1 heterocycles. The normalized spacial score (nSPS) is 7.11. The van der Waals surface area contributed by atoms with Gasteiger partial charge in [-0.15, -0.1) is 0 Å². The molecule has 0 radical (unpaired) electrons. The number of aliphatic carboxylic acids is 2. The minimum absolute atomic E-state index is 0. The second kappa shape index (κ2) is 19.0. The number of aliphatic hydroxyl groups excluding tert-OH is 2. The second-order valence-corrected chi connectivity index (χ2v) is 2.53. The Kier molecular flexibility index (Phi) is 26.3. The van der Waals surface area contributed by atoms with Crippen LogP contribution in [0, 0.1) is 6.92 Å². The first-order chi connectivity index (χ1) is 7.93. The van der Waals surface area contributed by atoms with Crippen LogP contribution in [-0.2, 0) is 30.7 Å². The molecule has 0 aliphatic carbocycles. The van der Waals surface area contributed by atoms with Gasteiger partial charge in [-0.25, -0.2) is 0 Å². The molecule has 0 spiro atoms. The summed E-state index contributed by atoms with van der Waals surface area (Å²) in [6.07, 6.45) is 1.79. The predicted octanol–water partition coefficient (Wildman–Crippen LogP) is -2.99. The van der Waals surface area contributed by atoms with Gasteiger partial charge in [-0.2, -0.15) is 0 Å². The Labute approximate surface area is 125 Å². The van der Waals surface area contributed by atoms with E-state index in [1.165, 1.54) is 0 Å². The third kappa shape index (κ3) is 31.5. The third-order valence-corrected chi connectivity index (χ3v) is 1.07. The van der Waals surface area contributed by atoms with Gasteiger partial charge in [0.15, 0.2) is 0 Å². The standard InChI is InChI=1S/C6H7N.2C2H4O3.H3N.Pt/c1-6-4-2-3-5-7-6;2*3-1-2(4)5;;/h2-5H,1H3;2*3H,1H2,(H,4,5);1H3;/q;;;;+2/p-2. The van der Waals surface area contributed by atoms with Gasteiger partial charge in [0.2, 0.25) is 0 Å². The molecule has 0 amide bonds. The van der Waals surface area contributed by atoms with E-state index in [1.807, 2.05) is 25.1 Å². The van der Waals surface area contributed by atoms with Crippen LogP contribution in [-0.4, -0.2) is 40.3 Å². The van der Waals surface area contributed by atoms with Gasteiger partial charge >= 0.3 is 21.1 Å². The molecule has 0 fully saturated rings. The summed E-state index contributed by atoms with van der Waals surface area (Å²) >= 11 is 0. The van der Waals surface area contributed by atoms with Crippen LogP contribution in [0.3, 0.4) is 0 Å². The van der Waals surface area contributed by atoms with Gasteiger partial charge in [0.1, 0.15) is 0 Å². The first kappa shape index (κ1) is 26.3. The molecule has 112 valence electrons. The molecule has 0 saturated carbocycles. The zero-order valence-electron chi connectivity index (χ0n) is 10.2. The Morgan fingerprint density at radius 1 is 1.16 bits per heavy atom. The van der Waals surface area contributed by atoms with Crippen molar-refractivity contribution in [3.63, 3.8) is 0 Å². The van der Waals surface area contributed by atoms with E-state index in [0.717, 1.165) is 5.69 Å². The SMILES string of the molecule is Cc1ccccn1.N.O=C([O-])CO.O=C([O-])CO.[Pt+2]. The van der Waals surface area contributed by atoms with Gasteiger partial charge in [-0.05, 0) is 19.1 Å². The second-order valence-electron chi connectivity index (χ2n) is 2.53. The molecule has 1 rings (SSSR count). The number of carboxylic acids is 2. The van der Waals surface area contributed by atoms with Crippen LogP contribution in [0.5, 0.6) is 0 Å². The molecule has 0 aromatic carbocycles. The van der Waals surface area contributed by atoms with Crippen LogP contribution in [0.15, 0.2) is 24.4 Å². The van der Waals surface area contributed by atoms with Crippen molar-refractivity contribution in [1.29, 1.82) is 0 Å². The molecule has 9 heteroatoms. The van der Waals surface area contributed by atoms with Gasteiger partial charge in [0.05, 0.1) is 25.2 Å². The van der Waals surface area contributed by atoms with Crippen molar-refractivity contribution in [2.75, 3.05) is 13.2 Å². The molecule has 8 nitrogen and oxygen atoms in total. The summed E-state index contributed by atoms with van der Waals surface area (Å²) in [5, 5.41) is 33.0. The monoisotopic (exact) mass is 455 g/mol. The molecule has 0 aliphatic rings. The van der Waals surface area contributed by atoms with E-state index in [9.17, 15) is 0 Å². The maximum Gasteiger partial charge on any atom is 2.00 e. The van der Waals surface area contributed by atoms with E-state index in [2.05, 4.69) is 4.98 Å². The molecule has 0 atom stereocenters. The number of rotatable bonds is 2. The number of aliphatic hydroxyl groups is 2. The first-order valence-corrected chi connectivity index (χ1v) is 4.43. The number of carboxylic acid groups (broad SMARTS) is 2. The van der Waals surface area contributed by atoms with Crippen LogP contribution < -0.4 is 16.4 Å². The smallest absolute Gasteiger partial charge is 0.548 e. The zero-order valence-corrected chi connectivity index (χ0v) is 12.5. The predicted molar refractivity (Wildman–Crippen MR) is 58.2 cm³/mol. The van der Waals surface area contributed by atoms with Gasteiger partial charge in [0.25, 0.3) is 0 Å². The summed E-state index contributed by atoms with van der Waals surface area (Å²) in [5.74, 6) is -2.88. The molecule has 0 aliphatic heterocycles. The van der Waals surface area contributed by atoms with Crippen LogP contribution in [0.25, 0.3) is 0 Å². The molecule has 0 saturated heterocycles. The van der Waals surface area contributed by atoms with Crippen LogP contribution in [0.2, 0.25) is 0 Å². The molecule has 1 aromatic rings. The summed E-state index contributed by atoms with van der Waals surface area (Å²) in [6.45, 7) is 0.194. The average Bonchev–Trinajstić information content (AvgIpc) is 2.31. The van der Waals surface area contributed by atoms with Gasteiger partial charge in [-0.3, -0.25) is 4.98 Å². The molecule has 0 bridgehead atoms. The number of carbonyl (C=O) groups excluding carboxylic acids is 2. The number of pyridine rings is 1. The fourth-order valence-corrected chi connectivity index (χ4v) is 0.448. The Bertz CT molecular complexity index is 309. The van der Waals surface area contributed by atoms with E-state index >= 15 is 0 Å². The van der Waals surface area contributed by atoms with Gasteiger partial charge in [-0.1, -0.05) is 6.07 Å². The maximum atomic E-state index is 9.01. The molecular weight excluding hydrogens is 439 g/mol. The topological polar surface area (TPSA) is 169 Å². The van der Waals surface area contributed by atoms with Gasteiger partial charge < -0.3 is 36.2 Å². The molecule has 5 N–H and O–H groups in total. The molecule has 1 aromatic heterocycles. The zero-order chi connectivity index (χ0) is 13.7. The Morgan fingerprint density at radius 2 is 1.53 bits per heavy atom. The van der Waals surface area contributed by atoms with Crippen LogP contribution in [0.4, 0.5) is 0 Å². The summed E-state index contributed by atoms with van der Waals surface area (Å²) in [5.41, 5.74) is 1.07. The summed E-state index contributed by atoms with van der Waals surface area (Å²) < 4.78 is 0. The minimum atomic E-state index is -1.44. The Morgan fingerprint density at radius 3 is 1.63 bits per heavy atom. The number of nitrogens with zero attached hydrogens (tertiary/aromatic N) is 1. The van der Waals surface area contributed by atoms with Crippen molar-refractivity contribution >= 4 is 11.9 Å². The summed E-state index contributed by atoms with van der Waals surface area (Å²) in [7, 11) is 0. The van der Waals surface area contributed by atoms with Crippen molar-refractivity contribution in [3.8, 4) is 0 Å². The maximum absolute atomic E-state index is 9.01. The average molecular weight is 455 g/mol. The van der Waals surface area contributed by atoms with Crippen LogP contribution >= 0.6 is 0 Å². The number of carbonyl (C=O) groups is 2. The molecular formula is C10H16N2O6Pt. The van der Waals surface area contributed by atoms with Crippen molar-refractivity contribution in [3.05, 3.63) is 30.1 Å². The quantitative estimate of drug-likeness (QED) is 0.424. The van der Waals surface area contributed by atoms with Crippen molar-refractivity contribution in [1.82, 2.24) is 11.1 Å². The Balaban J connectivity index is -0.0000000866. The third-order valence-electron chi connectivity index (χ3n) is 1.07. The van der Waals surface area contributed by atoms with E-state index in [4.69, 9.17) is 30.0 Å². The number of hydrogen-bond acceptors (Lipinski definition) is 8. The largest absolute Gasteiger partial charge is 2.00 e. The fourth-order valence-electron chi connectivity index (χ4n) is 0.448.